The summed E-state index contributed by atoms with van der Waals surface area (Å²) in [6.07, 6.45) is 0. The van der Waals surface area contributed by atoms with Crippen molar-refractivity contribution in [3.05, 3.63) is 64.4 Å². The molecule has 0 aromatic heterocycles. The quantitative estimate of drug-likeness (QED) is 0.706. The van der Waals surface area contributed by atoms with E-state index in [2.05, 4.69) is 15.9 Å². The van der Waals surface area contributed by atoms with Crippen molar-refractivity contribution in [2.75, 3.05) is 11.9 Å². The Labute approximate surface area is 126 Å². The highest BCUT2D eigenvalue weighted by Crippen LogP contribution is 2.26. The van der Waals surface area contributed by atoms with Crippen LogP contribution >= 0.6 is 27.5 Å². The minimum absolute atomic E-state index is 0.188. The lowest BCUT2D eigenvalue weighted by atomic mass is 10.1. The fourth-order valence-corrected chi connectivity index (χ4v) is 2.80. The van der Waals surface area contributed by atoms with E-state index in [4.69, 9.17) is 11.6 Å². The fourth-order valence-electron chi connectivity index (χ4n) is 2.03. The Morgan fingerprint density at radius 2 is 1.95 bits per heavy atom. The normalized spacial score (nSPS) is 10.5. The van der Waals surface area contributed by atoms with Gasteiger partial charge in [-0.15, -0.1) is 0 Å². The largest absolute Gasteiger partial charge is 0.370 e. The van der Waals surface area contributed by atoms with Gasteiger partial charge in [-0.2, -0.15) is 0 Å². The Morgan fingerprint density at radius 1 is 1.21 bits per heavy atom. The van der Waals surface area contributed by atoms with Gasteiger partial charge in [-0.3, -0.25) is 0 Å². The molecule has 100 valence electrons. The molecule has 0 amide bonds. The van der Waals surface area contributed by atoms with Gasteiger partial charge in [0.2, 0.25) is 0 Å². The molecule has 4 heteroatoms. The van der Waals surface area contributed by atoms with E-state index in [0.29, 0.717) is 22.5 Å². The van der Waals surface area contributed by atoms with Crippen LogP contribution in [0.3, 0.4) is 0 Å². The minimum Gasteiger partial charge on any atom is -0.370 e. The molecular formula is C15H14BrClFN. The van der Waals surface area contributed by atoms with Crippen molar-refractivity contribution in [2.24, 2.45) is 0 Å². The molecule has 2 aromatic rings. The Hall–Kier alpha value is -1.06. The topological polar surface area (TPSA) is 3.24 Å². The molecule has 0 radical (unpaired) electrons. The molecule has 0 unspecified atom stereocenters. The smallest absolute Gasteiger partial charge is 0.129 e. The van der Waals surface area contributed by atoms with Crippen molar-refractivity contribution in [3.63, 3.8) is 0 Å². The SMILES string of the molecule is CN(Cc1cccc(Cl)c1)c1cccc(F)c1CBr. The van der Waals surface area contributed by atoms with E-state index in [9.17, 15) is 4.39 Å². The van der Waals surface area contributed by atoms with Crippen LogP contribution in [0.5, 0.6) is 0 Å². The molecule has 0 N–H and O–H groups in total. The molecule has 2 rings (SSSR count). The number of benzene rings is 2. The maximum Gasteiger partial charge on any atom is 0.129 e. The van der Waals surface area contributed by atoms with E-state index in [0.717, 1.165) is 11.3 Å². The maximum atomic E-state index is 13.7. The van der Waals surface area contributed by atoms with Crippen molar-refractivity contribution >= 4 is 33.2 Å². The molecule has 0 saturated heterocycles. The first-order valence-electron chi connectivity index (χ1n) is 5.90. The van der Waals surface area contributed by atoms with Crippen molar-refractivity contribution in [2.45, 2.75) is 11.9 Å². The van der Waals surface area contributed by atoms with Crippen LogP contribution in [0.15, 0.2) is 42.5 Å². The Kier molecular flexibility index (Phi) is 4.83. The molecule has 0 saturated carbocycles. The number of hydrogen-bond donors (Lipinski definition) is 0. The van der Waals surface area contributed by atoms with Gasteiger partial charge in [0, 0.05) is 35.2 Å². The summed E-state index contributed by atoms with van der Waals surface area (Å²) in [5.41, 5.74) is 2.66. The summed E-state index contributed by atoms with van der Waals surface area (Å²) in [6, 6.07) is 12.8. The summed E-state index contributed by atoms with van der Waals surface area (Å²) in [4.78, 5) is 2.02. The molecule has 0 aliphatic heterocycles. The lowest BCUT2D eigenvalue weighted by Gasteiger charge is -2.22. The second kappa shape index (κ2) is 6.40. The van der Waals surface area contributed by atoms with Crippen LogP contribution in [-0.4, -0.2) is 7.05 Å². The van der Waals surface area contributed by atoms with Crippen molar-refractivity contribution in [3.8, 4) is 0 Å². The second-order valence-electron chi connectivity index (χ2n) is 4.36. The fraction of sp³-hybridized carbons (Fsp3) is 0.200. The summed E-state index contributed by atoms with van der Waals surface area (Å²) >= 11 is 9.31. The summed E-state index contributed by atoms with van der Waals surface area (Å²) in [7, 11) is 1.95. The van der Waals surface area contributed by atoms with Gasteiger partial charge in [0.25, 0.3) is 0 Å². The van der Waals surface area contributed by atoms with Crippen molar-refractivity contribution in [1.29, 1.82) is 0 Å². The van der Waals surface area contributed by atoms with Crippen LogP contribution in [0.4, 0.5) is 10.1 Å². The minimum atomic E-state index is -0.188. The summed E-state index contributed by atoms with van der Waals surface area (Å²) in [5, 5.41) is 1.21. The number of anilines is 1. The molecule has 0 aliphatic rings. The highest BCUT2D eigenvalue weighted by atomic mass is 79.9. The Bertz CT molecular complexity index is 574. The summed E-state index contributed by atoms with van der Waals surface area (Å²) < 4.78 is 13.7. The third kappa shape index (κ3) is 3.48. The van der Waals surface area contributed by atoms with Crippen LogP contribution in [0.25, 0.3) is 0 Å². The molecule has 0 atom stereocenters. The summed E-state index contributed by atoms with van der Waals surface area (Å²) in [6.45, 7) is 0.685. The highest BCUT2D eigenvalue weighted by Gasteiger charge is 2.11. The number of hydrogen-bond acceptors (Lipinski definition) is 1. The molecule has 0 heterocycles. The van der Waals surface area contributed by atoms with Gasteiger partial charge in [0.15, 0.2) is 0 Å². The maximum absolute atomic E-state index is 13.7. The molecule has 0 aliphatic carbocycles. The van der Waals surface area contributed by atoms with E-state index in [1.165, 1.54) is 6.07 Å². The molecule has 2 aromatic carbocycles. The van der Waals surface area contributed by atoms with E-state index in [1.807, 2.05) is 42.3 Å². The van der Waals surface area contributed by atoms with Gasteiger partial charge in [-0.05, 0) is 29.8 Å². The first kappa shape index (κ1) is 14.4. The van der Waals surface area contributed by atoms with Crippen LogP contribution in [0.1, 0.15) is 11.1 Å². The molecule has 19 heavy (non-hydrogen) atoms. The van der Waals surface area contributed by atoms with Crippen LogP contribution in [0.2, 0.25) is 5.02 Å². The average molecular weight is 343 g/mol. The first-order chi connectivity index (χ1) is 9.11. The Morgan fingerprint density at radius 3 is 2.63 bits per heavy atom. The van der Waals surface area contributed by atoms with E-state index in [-0.39, 0.29) is 5.82 Å². The predicted molar refractivity (Wildman–Crippen MR) is 82.6 cm³/mol. The van der Waals surface area contributed by atoms with Gasteiger partial charge in [-0.1, -0.05) is 45.7 Å². The first-order valence-corrected chi connectivity index (χ1v) is 7.40. The number of alkyl halides is 1. The molecule has 0 bridgehead atoms. The predicted octanol–water partition coefficient (Wildman–Crippen LogP) is 5.01. The molecule has 0 spiro atoms. The molecular weight excluding hydrogens is 329 g/mol. The number of nitrogens with zero attached hydrogens (tertiary/aromatic N) is 1. The third-order valence-corrected chi connectivity index (χ3v) is 3.74. The van der Waals surface area contributed by atoms with Gasteiger partial charge < -0.3 is 4.90 Å². The number of halogens is 3. The zero-order valence-electron chi connectivity index (χ0n) is 10.5. The summed E-state index contributed by atoms with van der Waals surface area (Å²) in [5.74, 6) is -0.188. The van der Waals surface area contributed by atoms with Gasteiger partial charge >= 0.3 is 0 Å². The third-order valence-electron chi connectivity index (χ3n) is 2.95. The van der Waals surface area contributed by atoms with Crippen LogP contribution in [-0.2, 0) is 11.9 Å². The van der Waals surface area contributed by atoms with E-state index >= 15 is 0 Å². The number of rotatable bonds is 4. The molecule has 1 nitrogen and oxygen atoms in total. The monoisotopic (exact) mass is 341 g/mol. The van der Waals surface area contributed by atoms with Crippen molar-refractivity contribution < 1.29 is 4.39 Å². The standard InChI is InChI=1S/C15H14BrClFN/c1-19(10-11-4-2-5-12(17)8-11)15-7-3-6-14(18)13(15)9-16/h2-8H,9-10H2,1H3. The van der Waals surface area contributed by atoms with Gasteiger partial charge in [-0.25, -0.2) is 4.39 Å². The zero-order valence-corrected chi connectivity index (χ0v) is 12.9. The van der Waals surface area contributed by atoms with Crippen molar-refractivity contribution in [1.82, 2.24) is 0 Å². The Balaban J connectivity index is 2.25. The molecule has 0 fully saturated rings. The highest BCUT2D eigenvalue weighted by molar-refractivity contribution is 9.08. The average Bonchev–Trinajstić information content (AvgIpc) is 2.38. The lowest BCUT2D eigenvalue weighted by Crippen LogP contribution is -2.18. The van der Waals surface area contributed by atoms with E-state index in [1.54, 1.807) is 6.07 Å². The van der Waals surface area contributed by atoms with E-state index < -0.39 is 0 Å². The van der Waals surface area contributed by atoms with Crippen LogP contribution in [0, 0.1) is 5.82 Å². The van der Waals surface area contributed by atoms with Crippen LogP contribution < -0.4 is 4.90 Å². The second-order valence-corrected chi connectivity index (χ2v) is 5.35. The lowest BCUT2D eigenvalue weighted by molar-refractivity contribution is 0.616. The van der Waals surface area contributed by atoms with Gasteiger partial charge in [0.05, 0.1) is 0 Å². The zero-order chi connectivity index (χ0) is 13.8. The van der Waals surface area contributed by atoms with Gasteiger partial charge in [0.1, 0.15) is 5.82 Å².